The van der Waals surface area contributed by atoms with E-state index in [2.05, 4.69) is 34.2 Å². The van der Waals surface area contributed by atoms with Gasteiger partial charge in [-0.3, -0.25) is 9.59 Å². The molecular formula is C30H33N3O3. The smallest absolute Gasteiger partial charge is 0.310 e. The number of nitrogens with zero attached hydrogens (tertiary/aromatic N) is 3. The molecule has 1 atom stereocenters. The number of amides is 1. The lowest BCUT2D eigenvalue weighted by Gasteiger charge is -2.38. The molecule has 1 aliphatic heterocycles. The zero-order valence-corrected chi connectivity index (χ0v) is 20.8. The van der Waals surface area contributed by atoms with E-state index in [1.165, 1.54) is 37.7 Å². The SMILES string of the molecule is CC(Cc1ccc(-c2ncc(-c3ccc(C4CCCCC4)cc3)cn2)cc1)C(=O)N1CC(C(=O)O)C1. The van der Waals surface area contributed by atoms with E-state index >= 15 is 0 Å². The Kier molecular flexibility index (Phi) is 7.12. The summed E-state index contributed by atoms with van der Waals surface area (Å²) in [7, 11) is 0. The van der Waals surface area contributed by atoms with E-state index < -0.39 is 11.9 Å². The summed E-state index contributed by atoms with van der Waals surface area (Å²) in [5.74, 6) is -0.0465. The molecule has 2 aromatic carbocycles. The Morgan fingerprint density at radius 2 is 1.50 bits per heavy atom. The monoisotopic (exact) mass is 483 g/mol. The Bertz CT molecular complexity index is 1190. The van der Waals surface area contributed by atoms with Gasteiger partial charge in [0.1, 0.15) is 0 Å². The van der Waals surface area contributed by atoms with Gasteiger partial charge in [-0.25, -0.2) is 9.97 Å². The molecule has 1 N–H and O–H groups in total. The van der Waals surface area contributed by atoms with E-state index in [0.29, 0.717) is 31.3 Å². The zero-order chi connectivity index (χ0) is 25.1. The van der Waals surface area contributed by atoms with Crippen molar-refractivity contribution in [2.75, 3.05) is 13.1 Å². The highest BCUT2D eigenvalue weighted by atomic mass is 16.4. The van der Waals surface area contributed by atoms with E-state index in [-0.39, 0.29) is 11.8 Å². The normalized spacial score (nSPS) is 17.4. The van der Waals surface area contributed by atoms with Crippen LogP contribution in [0, 0.1) is 11.8 Å². The van der Waals surface area contributed by atoms with Crippen LogP contribution in [-0.2, 0) is 16.0 Å². The van der Waals surface area contributed by atoms with Crippen LogP contribution < -0.4 is 0 Å². The second kappa shape index (κ2) is 10.6. The Morgan fingerprint density at radius 1 is 0.889 bits per heavy atom. The molecule has 5 rings (SSSR count). The molecule has 3 aromatic rings. The molecule has 1 saturated heterocycles. The highest BCUT2D eigenvalue weighted by Crippen LogP contribution is 2.33. The summed E-state index contributed by atoms with van der Waals surface area (Å²) in [6.07, 6.45) is 11.0. The van der Waals surface area contributed by atoms with Crippen LogP contribution in [0.4, 0.5) is 0 Å². The summed E-state index contributed by atoms with van der Waals surface area (Å²) in [6, 6.07) is 16.9. The van der Waals surface area contributed by atoms with Crippen molar-refractivity contribution in [3.05, 3.63) is 72.1 Å². The molecule has 2 aliphatic rings. The van der Waals surface area contributed by atoms with Crippen molar-refractivity contribution in [1.29, 1.82) is 0 Å². The van der Waals surface area contributed by atoms with Crippen LogP contribution in [0.25, 0.3) is 22.5 Å². The first-order valence-electron chi connectivity index (χ1n) is 13.0. The number of carbonyl (C=O) groups is 2. The van der Waals surface area contributed by atoms with Crippen LogP contribution in [0.3, 0.4) is 0 Å². The van der Waals surface area contributed by atoms with Crippen molar-refractivity contribution in [2.45, 2.75) is 51.4 Å². The van der Waals surface area contributed by atoms with Crippen LogP contribution in [0.2, 0.25) is 0 Å². The number of carbonyl (C=O) groups excluding carboxylic acids is 1. The van der Waals surface area contributed by atoms with Gasteiger partial charge < -0.3 is 10.0 Å². The molecule has 186 valence electrons. The third-order valence-electron chi connectivity index (χ3n) is 7.69. The predicted molar refractivity (Wildman–Crippen MR) is 139 cm³/mol. The maximum Gasteiger partial charge on any atom is 0.310 e. The van der Waals surface area contributed by atoms with Crippen molar-refractivity contribution in [3.8, 4) is 22.5 Å². The standard InChI is InChI=1S/C30H33N3O3/c1-20(29(34)33-18-27(19-33)30(35)36)15-21-7-9-25(10-8-21)28-31-16-26(17-32-28)24-13-11-23(12-14-24)22-5-3-2-4-6-22/h7-14,16-17,20,22,27H,2-6,15,18-19H2,1H3,(H,35,36). The lowest BCUT2D eigenvalue weighted by Crippen LogP contribution is -2.54. The molecule has 1 amide bonds. The van der Waals surface area contributed by atoms with Crippen molar-refractivity contribution in [2.24, 2.45) is 11.8 Å². The van der Waals surface area contributed by atoms with Gasteiger partial charge in [0, 0.05) is 42.5 Å². The summed E-state index contributed by atoms with van der Waals surface area (Å²) in [6.45, 7) is 2.53. The van der Waals surface area contributed by atoms with Crippen LogP contribution in [0.1, 0.15) is 56.1 Å². The van der Waals surface area contributed by atoms with E-state index in [9.17, 15) is 9.59 Å². The Morgan fingerprint density at radius 3 is 2.11 bits per heavy atom. The highest BCUT2D eigenvalue weighted by molar-refractivity contribution is 5.82. The van der Waals surface area contributed by atoms with Gasteiger partial charge in [-0.2, -0.15) is 0 Å². The van der Waals surface area contributed by atoms with Gasteiger partial charge in [-0.15, -0.1) is 0 Å². The quantitative estimate of drug-likeness (QED) is 0.474. The van der Waals surface area contributed by atoms with E-state index in [0.717, 1.165) is 22.3 Å². The minimum Gasteiger partial charge on any atom is -0.481 e. The van der Waals surface area contributed by atoms with E-state index in [1.807, 2.05) is 43.6 Å². The topological polar surface area (TPSA) is 83.4 Å². The van der Waals surface area contributed by atoms with Gasteiger partial charge in [-0.1, -0.05) is 74.7 Å². The minimum atomic E-state index is -0.829. The number of carboxylic acid groups (broad SMARTS) is 1. The molecule has 1 saturated carbocycles. The second-order valence-corrected chi connectivity index (χ2v) is 10.3. The van der Waals surface area contributed by atoms with Crippen LogP contribution in [-0.4, -0.2) is 44.9 Å². The van der Waals surface area contributed by atoms with Crippen LogP contribution >= 0.6 is 0 Å². The molecule has 6 heteroatoms. The summed E-state index contributed by atoms with van der Waals surface area (Å²) in [5.41, 5.74) is 5.58. The Labute approximate surface area is 212 Å². The molecule has 1 unspecified atom stereocenters. The van der Waals surface area contributed by atoms with Gasteiger partial charge >= 0.3 is 5.97 Å². The lowest BCUT2D eigenvalue weighted by atomic mass is 9.84. The van der Waals surface area contributed by atoms with Gasteiger partial charge in [0.25, 0.3) is 0 Å². The molecule has 0 bridgehead atoms. The fourth-order valence-corrected chi connectivity index (χ4v) is 5.37. The summed E-state index contributed by atoms with van der Waals surface area (Å²) in [5, 5.41) is 9.01. The number of benzene rings is 2. The number of hydrogen-bond donors (Lipinski definition) is 1. The number of rotatable bonds is 7. The number of carboxylic acids is 1. The fraction of sp³-hybridized carbons (Fsp3) is 0.400. The first kappa shape index (κ1) is 24.2. The van der Waals surface area contributed by atoms with Crippen molar-refractivity contribution in [3.63, 3.8) is 0 Å². The number of aliphatic carboxylic acids is 1. The van der Waals surface area contributed by atoms with Crippen LogP contribution in [0.5, 0.6) is 0 Å². The molecule has 6 nitrogen and oxygen atoms in total. The zero-order valence-electron chi connectivity index (χ0n) is 20.8. The molecular weight excluding hydrogens is 450 g/mol. The summed E-state index contributed by atoms with van der Waals surface area (Å²) >= 11 is 0. The molecule has 1 aromatic heterocycles. The van der Waals surface area contributed by atoms with E-state index in [1.54, 1.807) is 4.90 Å². The van der Waals surface area contributed by atoms with Crippen LogP contribution in [0.15, 0.2) is 60.9 Å². The maximum atomic E-state index is 12.5. The molecule has 2 fully saturated rings. The van der Waals surface area contributed by atoms with Crippen molar-refractivity contribution in [1.82, 2.24) is 14.9 Å². The highest BCUT2D eigenvalue weighted by Gasteiger charge is 2.37. The second-order valence-electron chi connectivity index (χ2n) is 10.3. The summed E-state index contributed by atoms with van der Waals surface area (Å²) < 4.78 is 0. The predicted octanol–water partition coefficient (Wildman–Crippen LogP) is 5.58. The van der Waals surface area contributed by atoms with Gasteiger partial charge in [0.2, 0.25) is 5.91 Å². The largest absolute Gasteiger partial charge is 0.481 e. The number of likely N-dealkylation sites (tertiary alicyclic amines) is 1. The van der Waals surface area contributed by atoms with Gasteiger partial charge in [0.15, 0.2) is 5.82 Å². The average Bonchev–Trinajstić information content (AvgIpc) is 2.89. The Balaban J connectivity index is 1.18. The number of aromatic nitrogens is 2. The van der Waals surface area contributed by atoms with E-state index in [4.69, 9.17) is 5.11 Å². The molecule has 2 heterocycles. The molecule has 1 aliphatic carbocycles. The average molecular weight is 484 g/mol. The fourth-order valence-electron chi connectivity index (χ4n) is 5.37. The summed E-state index contributed by atoms with van der Waals surface area (Å²) in [4.78, 5) is 34.4. The minimum absolute atomic E-state index is 0.0160. The van der Waals surface area contributed by atoms with Gasteiger partial charge in [0.05, 0.1) is 5.92 Å². The molecule has 0 spiro atoms. The molecule has 36 heavy (non-hydrogen) atoms. The third kappa shape index (κ3) is 5.32. The molecule has 0 radical (unpaired) electrons. The third-order valence-corrected chi connectivity index (χ3v) is 7.69. The lowest BCUT2D eigenvalue weighted by molar-refractivity contribution is -0.154. The Hall–Kier alpha value is -3.54. The van der Waals surface area contributed by atoms with Crippen molar-refractivity contribution >= 4 is 11.9 Å². The van der Waals surface area contributed by atoms with Crippen molar-refractivity contribution < 1.29 is 14.7 Å². The first-order chi connectivity index (χ1) is 17.5. The number of hydrogen-bond acceptors (Lipinski definition) is 4. The van der Waals surface area contributed by atoms with Gasteiger partial charge in [-0.05, 0) is 41.9 Å². The maximum absolute atomic E-state index is 12.5. The first-order valence-corrected chi connectivity index (χ1v) is 13.0.